The van der Waals surface area contributed by atoms with Crippen molar-refractivity contribution in [1.82, 2.24) is 0 Å². The lowest BCUT2D eigenvalue weighted by Crippen LogP contribution is -1.98. The van der Waals surface area contributed by atoms with Crippen LogP contribution in [0.4, 0.5) is 4.39 Å². The molecule has 0 amide bonds. The molecule has 0 saturated carbocycles. The Morgan fingerprint density at radius 2 is 1.95 bits per heavy atom. The zero-order chi connectivity index (χ0) is 14.2. The largest absolute Gasteiger partial charge is 0.289 e. The number of nitriles is 2. The fraction of sp³-hybridized carbons (Fsp3) is 0.0714. The first-order valence-electron chi connectivity index (χ1n) is 5.31. The van der Waals surface area contributed by atoms with E-state index in [1.807, 2.05) is 22.6 Å². The van der Waals surface area contributed by atoms with E-state index in [0.29, 0.717) is 3.57 Å². The summed E-state index contributed by atoms with van der Waals surface area (Å²) in [5.41, 5.74) is 0.343. The van der Waals surface area contributed by atoms with Gasteiger partial charge in [-0.2, -0.15) is 10.5 Å². The molecule has 92 valence electrons. The van der Waals surface area contributed by atoms with Crippen molar-refractivity contribution in [2.75, 3.05) is 0 Å². The molecule has 1 aliphatic rings. The van der Waals surface area contributed by atoms with Gasteiger partial charge in [-0.15, -0.1) is 0 Å². The van der Waals surface area contributed by atoms with Crippen LogP contribution in [0, 0.1) is 32.0 Å². The lowest BCUT2D eigenvalue weighted by molar-refractivity contribution is 0.104. The summed E-state index contributed by atoms with van der Waals surface area (Å²) in [7, 11) is 0. The molecular weight excluding hydrogens is 358 g/mol. The van der Waals surface area contributed by atoms with Gasteiger partial charge in [0.1, 0.15) is 23.5 Å². The molecule has 0 fully saturated rings. The van der Waals surface area contributed by atoms with Crippen LogP contribution in [0.15, 0.2) is 29.4 Å². The number of ketones is 1. The highest BCUT2D eigenvalue weighted by Gasteiger charge is 2.36. The molecular formula is C14H6FIN2O. The fourth-order valence-corrected chi connectivity index (χ4v) is 2.77. The molecule has 19 heavy (non-hydrogen) atoms. The first kappa shape index (κ1) is 13.4. The van der Waals surface area contributed by atoms with Crippen LogP contribution < -0.4 is 0 Å². The van der Waals surface area contributed by atoms with Gasteiger partial charge in [-0.25, -0.2) is 4.39 Å². The van der Waals surface area contributed by atoms with Gasteiger partial charge in [0, 0.05) is 25.8 Å². The van der Waals surface area contributed by atoms with Gasteiger partial charge in [0.05, 0.1) is 0 Å². The van der Waals surface area contributed by atoms with E-state index in [2.05, 4.69) is 0 Å². The summed E-state index contributed by atoms with van der Waals surface area (Å²) < 4.78 is 14.6. The van der Waals surface area contributed by atoms with E-state index >= 15 is 0 Å². The van der Waals surface area contributed by atoms with Crippen molar-refractivity contribution in [1.29, 1.82) is 10.5 Å². The van der Waals surface area contributed by atoms with E-state index in [-0.39, 0.29) is 33.6 Å². The summed E-state index contributed by atoms with van der Waals surface area (Å²) in [5.74, 6) is -0.946. The number of hydrogen-bond acceptors (Lipinski definition) is 3. The molecule has 1 aliphatic carbocycles. The molecule has 0 saturated heterocycles. The van der Waals surface area contributed by atoms with Gasteiger partial charge in [0.2, 0.25) is 0 Å². The second-order valence-electron chi connectivity index (χ2n) is 3.78. The molecule has 0 radical (unpaired) electrons. The molecule has 5 heteroatoms. The average Bonchev–Trinajstić information content (AvgIpc) is 2.70. The molecule has 2 rings (SSSR count). The number of carbonyl (C=O) groups excluding carboxylic acids is 1. The minimum absolute atomic E-state index is 0.0584. The Labute approximate surface area is 122 Å². The van der Waals surface area contributed by atoms with Crippen molar-refractivity contribution < 1.29 is 9.18 Å². The maximum atomic E-state index is 14.0. The third kappa shape index (κ3) is 1.87. The van der Waals surface area contributed by atoms with E-state index in [9.17, 15) is 9.18 Å². The van der Waals surface area contributed by atoms with Crippen LogP contribution in [0.2, 0.25) is 0 Å². The molecule has 0 heterocycles. The standard InChI is InChI=1S/C14H6FIN2O/c1-2-8-11(7(5-17)6-18)12-9(15)3-4-10(16)13(12)14(8)19/h2-4H,1H3/b8-2+. The number of halogens is 2. The minimum Gasteiger partial charge on any atom is -0.289 e. The molecule has 0 unspecified atom stereocenters. The van der Waals surface area contributed by atoms with Crippen molar-refractivity contribution in [3.05, 3.63) is 49.9 Å². The molecule has 0 spiro atoms. The average molecular weight is 364 g/mol. The number of nitrogens with zero attached hydrogens (tertiary/aromatic N) is 2. The van der Waals surface area contributed by atoms with E-state index in [4.69, 9.17) is 10.5 Å². The van der Waals surface area contributed by atoms with Crippen molar-refractivity contribution in [3.8, 4) is 12.1 Å². The quantitative estimate of drug-likeness (QED) is 0.403. The summed E-state index contributed by atoms with van der Waals surface area (Å²) in [5, 5.41) is 18.0. The first-order valence-corrected chi connectivity index (χ1v) is 6.38. The van der Waals surface area contributed by atoms with Crippen LogP contribution in [0.3, 0.4) is 0 Å². The third-order valence-electron chi connectivity index (χ3n) is 2.86. The topological polar surface area (TPSA) is 64.7 Å². The Morgan fingerprint density at radius 1 is 1.32 bits per heavy atom. The summed E-state index contributed by atoms with van der Waals surface area (Å²) in [6.45, 7) is 1.62. The molecule has 3 nitrogen and oxygen atoms in total. The SMILES string of the molecule is C/C=C1/C(=O)c2c(I)ccc(F)c2C1=C(C#N)C#N. The Kier molecular flexibility index (Phi) is 3.50. The van der Waals surface area contributed by atoms with Crippen LogP contribution >= 0.6 is 22.6 Å². The number of fused-ring (bicyclic) bond motifs is 1. The number of carbonyl (C=O) groups is 1. The molecule has 0 aromatic heterocycles. The van der Waals surface area contributed by atoms with Crippen molar-refractivity contribution in [2.24, 2.45) is 0 Å². The van der Waals surface area contributed by atoms with Gasteiger partial charge in [-0.05, 0) is 41.6 Å². The first-order chi connectivity index (χ1) is 9.06. The molecule has 1 aromatic carbocycles. The Bertz CT molecular complexity index is 732. The lowest BCUT2D eigenvalue weighted by atomic mass is 9.99. The number of hydrogen-bond donors (Lipinski definition) is 0. The Balaban J connectivity index is 3.00. The number of allylic oxidation sites excluding steroid dienone is 4. The zero-order valence-corrected chi connectivity index (χ0v) is 11.9. The summed E-state index contributed by atoms with van der Waals surface area (Å²) in [4.78, 5) is 12.3. The highest BCUT2D eigenvalue weighted by atomic mass is 127. The van der Waals surface area contributed by atoms with Gasteiger partial charge < -0.3 is 0 Å². The molecule has 0 N–H and O–H groups in total. The van der Waals surface area contributed by atoms with Crippen LogP contribution in [-0.4, -0.2) is 5.78 Å². The normalized spacial score (nSPS) is 15.1. The van der Waals surface area contributed by atoms with Crippen LogP contribution in [0.1, 0.15) is 22.8 Å². The van der Waals surface area contributed by atoms with Gasteiger partial charge in [0.25, 0.3) is 0 Å². The van der Waals surface area contributed by atoms with Crippen LogP contribution in [-0.2, 0) is 0 Å². The van der Waals surface area contributed by atoms with Crippen molar-refractivity contribution >= 4 is 33.9 Å². The van der Waals surface area contributed by atoms with Gasteiger partial charge >= 0.3 is 0 Å². The zero-order valence-electron chi connectivity index (χ0n) is 9.79. The van der Waals surface area contributed by atoms with Crippen LogP contribution in [0.5, 0.6) is 0 Å². The highest BCUT2D eigenvalue weighted by molar-refractivity contribution is 14.1. The Hall–Kier alpha value is -1.99. The minimum atomic E-state index is -0.599. The van der Waals surface area contributed by atoms with Crippen molar-refractivity contribution in [2.45, 2.75) is 6.92 Å². The molecule has 0 aliphatic heterocycles. The third-order valence-corrected chi connectivity index (χ3v) is 3.76. The second kappa shape index (κ2) is 4.94. The summed E-state index contributed by atoms with van der Waals surface area (Å²) >= 11 is 1.94. The van der Waals surface area contributed by atoms with Gasteiger partial charge in [-0.3, -0.25) is 4.79 Å². The molecule has 0 bridgehead atoms. The smallest absolute Gasteiger partial charge is 0.195 e. The number of rotatable bonds is 0. The summed E-state index contributed by atoms with van der Waals surface area (Å²) in [6.07, 6.45) is 1.50. The number of benzene rings is 1. The second-order valence-corrected chi connectivity index (χ2v) is 4.95. The van der Waals surface area contributed by atoms with E-state index < -0.39 is 5.82 Å². The molecule has 1 aromatic rings. The monoisotopic (exact) mass is 364 g/mol. The summed E-state index contributed by atoms with van der Waals surface area (Å²) in [6, 6.07) is 6.18. The predicted molar refractivity (Wildman–Crippen MR) is 75.4 cm³/mol. The van der Waals surface area contributed by atoms with Crippen molar-refractivity contribution in [3.63, 3.8) is 0 Å². The Morgan fingerprint density at radius 3 is 2.47 bits per heavy atom. The van der Waals surface area contributed by atoms with Gasteiger partial charge in [-0.1, -0.05) is 6.08 Å². The van der Waals surface area contributed by atoms with E-state index in [0.717, 1.165) is 0 Å². The highest BCUT2D eigenvalue weighted by Crippen LogP contribution is 2.41. The van der Waals surface area contributed by atoms with E-state index in [1.54, 1.807) is 19.1 Å². The van der Waals surface area contributed by atoms with E-state index in [1.165, 1.54) is 18.2 Å². The molecule has 0 atom stereocenters. The van der Waals surface area contributed by atoms with Gasteiger partial charge in [0.15, 0.2) is 5.78 Å². The van der Waals surface area contributed by atoms with Crippen LogP contribution in [0.25, 0.3) is 5.57 Å². The lowest BCUT2D eigenvalue weighted by Gasteiger charge is -2.03. The number of Topliss-reactive ketones (excluding diaryl/α,β-unsaturated/α-hetero) is 1. The maximum absolute atomic E-state index is 14.0. The predicted octanol–water partition coefficient (Wildman–Crippen LogP) is 3.37. The maximum Gasteiger partial charge on any atom is 0.195 e. The fourth-order valence-electron chi connectivity index (χ4n) is 2.07.